The van der Waals surface area contributed by atoms with Crippen molar-refractivity contribution < 1.29 is 18.3 Å². The molecule has 6 rings (SSSR count). The van der Waals surface area contributed by atoms with Crippen molar-refractivity contribution >= 4 is 22.7 Å². The molecule has 3 aromatic carbocycles. The van der Waals surface area contributed by atoms with Crippen molar-refractivity contribution in [3.8, 4) is 11.5 Å². The quantitative estimate of drug-likeness (QED) is 0.309. The Kier molecular flexibility index (Phi) is 5.11. The molecule has 0 fully saturated rings. The molecule has 5 aromatic rings. The fraction of sp³-hybridized carbons (Fsp3) is 0.0690. The van der Waals surface area contributed by atoms with E-state index in [1.54, 1.807) is 36.5 Å². The predicted octanol–water partition coefficient (Wildman–Crippen LogP) is 6.18. The molecular weight excluding hydrogens is 459 g/mol. The van der Waals surface area contributed by atoms with Crippen LogP contribution in [0.5, 0.6) is 11.5 Å². The number of pyridine rings is 1. The van der Waals surface area contributed by atoms with E-state index in [1.165, 1.54) is 17.0 Å². The maximum Gasteiger partial charge on any atom is 0.296 e. The van der Waals surface area contributed by atoms with E-state index in [9.17, 15) is 14.0 Å². The Hall–Kier alpha value is -4.78. The van der Waals surface area contributed by atoms with Gasteiger partial charge in [-0.1, -0.05) is 36.4 Å². The maximum absolute atomic E-state index is 14.0. The largest absolute Gasteiger partial charge is 0.457 e. The standard InChI is InChI=1S/C29H19FN2O4/c1-17-10-13-24(31-16-17)32-26(18-6-5-9-21(14-18)35-20-7-3-2-4-8-20)25-27(33)22-15-19(30)11-12-23(22)36-28(25)29(32)34/h2-16,26H,1H3. The molecule has 7 heteroatoms. The lowest BCUT2D eigenvalue weighted by Crippen LogP contribution is -2.30. The molecule has 1 aliphatic heterocycles. The highest BCUT2D eigenvalue weighted by atomic mass is 19.1. The molecule has 2 aromatic heterocycles. The summed E-state index contributed by atoms with van der Waals surface area (Å²) in [6.07, 6.45) is 1.65. The molecule has 0 aliphatic carbocycles. The molecule has 0 saturated carbocycles. The number of anilines is 1. The summed E-state index contributed by atoms with van der Waals surface area (Å²) in [6, 6.07) is 22.9. The second kappa shape index (κ2) is 8.46. The van der Waals surface area contributed by atoms with Crippen LogP contribution in [-0.2, 0) is 0 Å². The lowest BCUT2D eigenvalue weighted by atomic mass is 9.98. The zero-order valence-electron chi connectivity index (χ0n) is 19.1. The van der Waals surface area contributed by atoms with Gasteiger partial charge in [0.25, 0.3) is 5.91 Å². The van der Waals surface area contributed by atoms with Crippen LogP contribution in [-0.4, -0.2) is 10.9 Å². The van der Waals surface area contributed by atoms with Crippen LogP contribution in [0.2, 0.25) is 0 Å². The lowest BCUT2D eigenvalue weighted by molar-refractivity contribution is 0.0970. The van der Waals surface area contributed by atoms with Crippen molar-refractivity contribution in [3.63, 3.8) is 0 Å². The molecule has 1 aliphatic rings. The number of aromatic nitrogens is 1. The molecule has 0 N–H and O–H groups in total. The van der Waals surface area contributed by atoms with Crippen LogP contribution in [0.3, 0.4) is 0 Å². The number of fused-ring (bicyclic) bond motifs is 2. The van der Waals surface area contributed by atoms with E-state index in [-0.39, 0.29) is 22.3 Å². The minimum atomic E-state index is -0.842. The van der Waals surface area contributed by atoms with Gasteiger partial charge in [-0.05, 0) is 66.6 Å². The Morgan fingerprint density at radius 2 is 1.72 bits per heavy atom. The van der Waals surface area contributed by atoms with E-state index < -0.39 is 23.2 Å². The number of carbonyl (C=O) groups excluding carboxylic acids is 1. The number of hydrogen-bond acceptors (Lipinski definition) is 5. The second-order valence-corrected chi connectivity index (χ2v) is 8.57. The van der Waals surface area contributed by atoms with E-state index in [1.807, 2.05) is 43.3 Å². The second-order valence-electron chi connectivity index (χ2n) is 8.57. The number of benzene rings is 3. The number of aryl methyl sites for hydroxylation is 1. The Labute approximate surface area is 205 Å². The third-order valence-electron chi connectivity index (χ3n) is 6.13. The summed E-state index contributed by atoms with van der Waals surface area (Å²) in [5.41, 5.74) is 1.37. The maximum atomic E-state index is 14.0. The van der Waals surface area contributed by atoms with Crippen molar-refractivity contribution in [3.05, 3.63) is 130 Å². The molecular formula is C29H19FN2O4. The first-order valence-corrected chi connectivity index (χ1v) is 11.3. The monoisotopic (exact) mass is 478 g/mol. The van der Waals surface area contributed by atoms with Gasteiger partial charge in [-0.2, -0.15) is 0 Å². The number of ether oxygens (including phenoxy) is 1. The molecule has 6 nitrogen and oxygen atoms in total. The van der Waals surface area contributed by atoms with Crippen molar-refractivity contribution in [1.82, 2.24) is 4.98 Å². The number of rotatable bonds is 4. The first kappa shape index (κ1) is 21.7. The number of halogens is 1. The Bertz CT molecular complexity index is 1680. The molecule has 3 heterocycles. The zero-order chi connectivity index (χ0) is 24.8. The van der Waals surface area contributed by atoms with Crippen molar-refractivity contribution in [2.45, 2.75) is 13.0 Å². The Morgan fingerprint density at radius 3 is 2.50 bits per heavy atom. The van der Waals surface area contributed by atoms with E-state index in [2.05, 4.69) is 4.98 Å². The zero-order valence-corrected chi connectivity index (χ0v) is 19.1. The molecule has 36 heavy (non-hydrogen) atoms. The van der Waals surface area contributed by atoms with E-state index in [0.29, 0.717) is 22.9 Å². The highest BCUT2D eigenvalue weighted by molar-refractivity contribution is 6.10. The minimum Gasteiger partial charge on any atom is -0.457 e. The number of hydrogen-bond donors (Lipinski definition) is 0. The summed E-state index contributed by atoms with van der Waals surface area (Å²) >= 11 is 0. The van der Waals surface area contributed by atoms with Crippen molar-refractivity contribution in [1.29, 1.82) is 0 Å². The van der Waals surface area contributed by atoms with Crippen molar-refractivity contribution in [2.24, 2.45) is 0 Å². The number of para-hydroxylation sites is 1. The first-order chi connectivity index (χ1) is 17.5. The first-order valence-electron chi connectivity index (χ1n) is 11.3. The van der Waals surface area contributed by atoms with Gasteiger partial charge in [-0.15, -0.1) is 0 Å². The van der Waals surface area contributed by atoms with E-state index in [0.717, 1.165) is 11.6 Å². The van der Waals surface area contributed by atoms with Gasteiger partial charge in [-0.3, -0.25) is 14.5 Å². The number of amides is 1. The fourth-order valence-corrected chi connectivity index (χ4v) is 4.47. The summed E-state index contributed by atoms with van der Waals surface area (Å²) < 4.78 is 25.9. The molecule has 0 spiro atoms. The van der Waals surface area contributed by atoms with Crippen LogP contribution in [0.25, 0.3) is 11.0 Å². The third-order valence-corrected chi connectivity index (χ3v) is 6.13. The van der Waals surface area contributed by atoms with Gasteiger partial charge >= 0.3 is 0 Å². The third kappa shape index (κ3) is 3.62. The normalized spacial score (nSPS) is 14.8. The van der Waals surface area contributed by atoms with E-state index >= 15 is 0 Å². The van der Waals surface area contributed by atoms with Crippen molar-refractivity contribution in [2.75, 3.05) is 4.90 Å². The Morgan fingerprint density at radius 1 is 0.917 bits per heavy atom. The molecule has 1 unspecified atom stereocenters. The molecule has 1 amide bonds. The highest BCUT2D eigenvalue weighted by Crippen LogP contribution is 2.41. The topological polar surface area (TPSA) is 72.6 Å². The van der Waals surface area contributed by atoms with Gasteiger partial charge in [0.05, 0.1) is 17.0 Å². The van der Waals surface area contributed by atoms with Crippen LogP contribution >= 0.6 is 0 Å². The lowest BCUT2D eigenvalue weighted by Gasteiger charge is -2.24. The molecule has 0 bridgehead atoms. The van der Waals surface area contributed by atoms with Crippen LogP contribution < -0.4 is 15.1 Å². The van der Waals surface area contributed by atoms with Gasteiger partial charge in [0.15, 0.2) is 5.43 Å². The smallest absolute Gasteiger partial charge is 0.296 e. The van der Waals surface area contributed by atoms with Crippen LogP contribution in [0.15, 0.2) is 100 Å². The summed E-state index contributed by atoms with van der Waals surface area (Å²) in [5, 5.41) is 0.0713. The number of carbonyl (C=O) groups is 1. The molecule has 0 radical (unpaired) electrons. The molecule has 176 valence electrons. The summed E-state index contributed by atoms with van der Waals surface area (Å²) in [6.45, 7) is 1.89. The fourth-order valence-electron chi connectivity index (χ4n) is 4.47. The Balaban J connectivity index is 1.55. The number of nitrogens with zero attached hydrogens (tertiary/aromatic N) is 2. The van der Waals surface area contributed by atoms with Gasteiger partial charge in [0.1, 0.15) is 28.7 Å². The van der Waals surface area contributed by atoms with E-state index in [4.69, 9.17) is 9.15 Å². The predicted molar refractivity (Wildman–Crippen MR) is 133 cm³/mol. The summed E-state index contributed by atoms with van der Waals surface area (Å²) in [5.74, 6) is 0.408. The van der Waals surface area contributed by atoms with Gasteiger partial charge in [-0.25, -0.2) is 9.37 Å². The average molecular weight is 478 g/mol. The SMILES string of the molecule is Cc1ccc(N2C(=O)c3oc4ccc(F)cc4c(=O)c3C2c2cccc(Oc3ccccc3)c2)nc1. The van der Waals surface area contributed by atoms with Gasteiger partial charge in [0.2, 0.25) is 5.76 Å². The van der Waals surface area contributed by atoms with Crippen LogP contribution in [0.4, 0.5) is 10.2 Å². The van der Waals surface area contributed by atoms with Gasteiger partial charge in [0, 0.05) is 6.20 Å². The van der Waals surface area contributed by atoms with Gasteiger partial charge < -0.3 is 9.15 Å². The minimum absolute atomic E-state index is 0.0713. The summed E-state index contributed by atoms with van der Waals surface area (Å²) in [7, 11) is 0. The molecule has 0 saturated heterocycles. The average Bonchev–Trinajstić information content (AvgIpc) is 3.18. The highest BCUT2D eigenvalue weighted by Gasteiger charge is 2.44. The molecule has 1 atom stereocenters. The summed E-state index contributed by atoms with van der Waals surface area (Å²) in [4.78, 5) is 33.2. The van der Waals surface area contributed by atoms with Crippen LogP contribution in [0.1, 0.15) is 33.3 Å². The van der Waals surface area contributed by atoms with Crippen LogP contribution in [0, 0.1) is 12.7 Å².